The summed E-state index contributed by atoms with van der Waals surface area (Å²) in [5.74, 6) is 0.794. The van der Waals surface area contributed by atoms with Crippen molar-refractivity contribution in [3.63, 3.8) is 0 Å². The predicted molar refractivity (Wildman–Crippen MR) is 158 cm³/mol. The van der Waals surface area contributed by atoms with Crippen LogP contribution in [0.15, 0.2) is 90.1 Å². The zero-order valence-electron chi connectivity index (χ0n) is 23.3. The number of H-pyrrole nitrogens is 1. The fourth-order valence-electron chi connectivity index (χ4n) is 5.50. The quantitative estimate of drug-likeness (QED) is 0.309. The van der Waals surface area contributed by atoms with Gasteiger partial charge in [-0.1, -0.05) is 36.4 Å². The van der Waals surface area contributed by atoms with Crippen molar-refractivity contribution in [1.29, 1.82) is 0 Å². The lowest BCUT2D eigenvalue weighted by Crippen LogP contribution is -2.49. The number of nitrogens with one attached hydrogen (secondary N) is 1. The molecule has 0 bridgehead atoms. The number of hydrogen-bond acceptors (Lipinski definition) is 6. The minimum Gasteiger partial charge on any atom is -0.369 e. The first-order valence-electron chi connectivity index (χ1n) is 13.7. The van der Waals surface area contributed by atoms with E-state index < -0.39 is 17.3 Å². The van der Waals surface area contributed by atoms with Crippen LogP contribution >= 0.6 is 0 Å². The lowest BCUT2D eigenvalue weighted by Gasteiger charge is -2.35. The topological polar surface area (TPSA) is 90.4 Å². The number of aromatic amines is 1. The number of nitrogens with zero attached hydrogens (tertiary/aromatic N) is 6. The average Bonchev–Trinajstić information content (AvgIpc) is 3.38. The first-order chi connectivity index (χ1) is 20.7. The van der Waals surface area contributed by atoms with Gasteiger partial charge in [-0.15, -0.1) is 0 Å². The smallest absolute Gasteiger partial charge is 0.369 e. The third-order valence-electron chi connectivity index (χ3n) is 7.67. The van der Waals surface area contributed by atoms with Crippen LogP contribution in [0, 0.1) is 0 Å². The second-order valence-electron chi connectivity index (χ2n) is 10.4. The van der Waals surface area contributed by atoms with Gasteiger partial charge in [0.25, 0.3) is 11.5 Å². The molecule has 0 radical (unpaired) electrons. The number of fused-ring (bicyclic) bond motifs is 1. The van der Waals surface area contributed by atoms with Crippen LogP contribution in [0.25, 0.3) is 16.5 Å². The molecule has 4 heterocycles. The van der Waals surface area contributed by atoms with Crippen LogP contribution in [0.1, 0.15) is 21.6 Å². The van der Waals surface area contributed by atoms with E-state index in [1.165, 1.54) is 4.57 Å². The van der Waals surface area contributed by atoms with Crippen molar-refractivity contribution < 1.29 is 18.0 Å². The fraction of sp³-hybridized carbons (Fsp3) is 0.226. The number of pyridine rings is 1. The van der Waals surface area contributed by atoms with Crippen LogP contribution in [0.5, 0.6) is 0 Å². The second kappa shape index (κ2) is 11.3. The number of rotatable bonds is 6. The number of hydrogen-bond donors (Lipinski definition) is 1. The molecule has 12 heteroatoms. The monoisotopic (exact) mass is 587 g/mol. The highest BCUT2D eigenvalue weighted by Crippen LogP contribution is 2.34. The minimum atomic E-state index is -4.89. The fourth-order valence-corrected chi connectivity index (χ4v) is 5.50. The summed E-state index contributed by atoms with van der Waals surface area (Å²) < 4.78 is 43.3. The molecule has 3 aromatic heterocycles. The molecule has 0 aliphatic carbocycles. The van der Waals surface area contributed by atoms with Gasteiger partial charge in [-0.05, 0) is 30.3 Å². The van der Waals surface area contributed by atoms with Crippen molar-refractivity contribution in [2.75, 3.05) is 43.0 Å². The van der Waals surface area contributed by atoms with Gasteiger partial charge in [0.1, 0.15) is 11.4 Å². The van der Waals surface area contributed by atoms with Gasteiger partial charge in [-0.3, -0.25) is 9.59 Å². The van der Waals surface area contributed by atoms with Gasteiger partial charge >= 0.3 is 6.18 Å². The molecule has 0 saturated carbocycles. The molecule has 2 aromatic carbocycles. The number of anilines is 2. The van der Waals surface area contributed by atoms with Crippen LogP contribution in [0.3, 0.4) is 0 Å². The van der Waals surface area contributed by atoms with Crippen molar-refractivity contribution in [1.82, 2.24) is 24.6 Å². The summed E-state index contributed by atoms with van der Waals surface area (Å²) in [5, 5.41) is 7.01. The summed E-state index contributed by atoms with van der Waals surface area (Å²) in [6.07, 6.45) is -0.544. The molecule has 6 rings (SSSR count). The maximum Gasteiger partial charge on any atom is 0.423 e. The van der Waals surface area contributed by atoms with Gasteiger partial charge in [0.2, 0.25) is 0 Å². The van der Waals surface area contributed by atoms with E-state index in [4.69, 9.17) is 0 Å². The van der Waals surface area contributed by atoms with E-state index in [0.29, 0.717) is 42.8 Å². The Morgan fingerprint density at radius 1 is 1.00 bits per heavy atom. The Kier molecular flexibility index (Phi) is 7.34. The van der Waals surface area contributed by atoms with Crippen LogP contribution < -0.4 is 15.4 Å². The van der Waals surface area contributed by atoms with E-state index in [2.05, 4.69) is 15.0 Å². The number of aromatic nitrogens is 4. The number of carbonyl (C=O) groups is 1. The number of alkyl halides is 3. The molecule has 0 atom stereocenters. The molecule has 1 N–H and O–H groups in total. The van der Waals surface area contributed by atoms with Gasteiger partial charge in [0, 0.05) is 73.3 Å². The van der Waals surface area contributed by atoms with Gasteiger partial charge < -0.3 is 19.3 Å². The minimum absolute atomic E-state index is 0.0888. The van der Waals surface area contributed by atoms with Crippen molar-refractivity contribution in [3.8, 4) is 5.69 Å². The number of halogens is 3. The first-order valence-corrected chi connectivity index (χ1v) is 13.7. The molecule has 1 amide bonds. The average molecular weight is 588 g/mol. The Balaban J connectivity index is 1.27. The van der Waals surface area contributed by atoms with Crippen LogP contribution in [0.2, 0.25) is 0 Å². The second-order valence-corrected chi connectivity index (χ2v) is 10.4. The van der Waals surface area contributed by atoms with E-state index in [1.807, 2.05) is 58.3 Å². The van der Waals surface area contributed by atoms with Gasteiger partial charge in [-0.2, -0.15) is 18.3 Å². The van der Waals surface area contributed by atoms with Crippen LogP contribution in [-0.4, -0.2) is 63.8 Å². The van der Waals surface area contributed by atoms with E-state index >= 15 is 0 Å². The largest absolute Gasteiger partial charge is 0.423 e. The Labute approximate surface area is 244 Å². The maximum absolute atomic E-state index is 14.0. The van der Waals surface area contributed by atoms with Crippen LogP contribution in [-0.2, 0) is 12.7 Å². The van der Waals surface area contributed by atoms with Gasteiger partial charge in [0.15, 0.2) is 0 Å². The van der Waals surface area contributed by atoms with Gasteiger partial charge in [-0.25, -0.2) is 10.1 Å². The molecule has 0 spiro atoms. The molecule has 9 nitrogen and oxygen atoms in total. The number of benzene rings is 2. The van der Waals surface area contributed by atoms with E-state index in [0.717, 1.165) is 23.1 Å². The summed E-state index contributed by atoms with van der Waals surface area (Å²) in [5.41, 5.74) is -1.21. The molecule has 1 aliphatic rings. The molecular formula is C31H28F3N7O2. The SMILES string of the molecule is CN(Cc1c2ccccc2cn1-c1cn[nH]c(=O)c1C(F)(F)F)c1cccc(C(=O)N2CCN(c3ccccn3)CC2)c1. The van der Waals surface area contributed by atoms with Crippen LogP contribution in [0.4, 0.5) is 24.7 Å². The van der Waals surface area contributed by atoms with Crippen molar-refractivity contribution in [3.05, 3.63) is 112 Å². The third-order valence-corrected chi connectivity index (χ3v) is 7.67. The number of piperazine rings is 1. The Hall–Kier alpha value is -5.13. The molecule has 0 unspecified atom stereocenters. The zero-order valence-corrected chi connectivity index (χ0v) is 23.3. The molecule has 220 valence electrons. The summed E-state index contributed by atoms with van der Waals surface area (Å²) in [6, 6.07) is 20.2. The van der Waals surface area contributed by atoms with E-state index in [-0.39, 0.29) is 18.1 Å². The molecule has 5 aromatic rings. The number of carbonyl (C=O) groups excluding carboxylic acids is 1. The summed E-state index contributed by atoms with van der Waals surface area (Å²) in [7, 11) is 1.81. The highest BCUT2D eigenvalue weighted by atomic mass is 19.4. The maximum atomic E-state index is 14.0. The molecule has 1 fully saturated rings. The lowest BCUT2D eigenvalue weighted by molar-refractivity contribution is -0.138. The summed E-state index contributed by atoms with van der Waals surface area (Å²) in [6.45, 7) is 2.65. The molecular weight excluding hydrogens is 559 g/mol. The lowest BCUT2D eigenvalue weighted by atomic mass is 10.1. The molecule has 1 aliphatic heterocycles. The van der Waals surface area contributed by atoms with Crippen molar-refractivity contribution >= 4 is 28.2 Å². The van der Waals surface area contributed by atoms with E-state index in [1.54, 1.807) is 42.7 Å². The Bertz CT molecular complexity index is 1830. The highest BCUT2D eigenvalue weighted by molar-refractivity contribution is 5.95. The molecule has 1 saturated heterocycles. The van der Waals surface area contributed by atoms with Crippen molar-refractivity contribution in [2.45, 2.75) is 12.7 Å². The summed E-state index contributed by atoms with van der Waals surface area (Å²) >= 11 is 0. The number of amides is 1. The Morgan fingerprint density at radius 2 is 1.77 bits per heavy atom. The zero-order chi connectivity index (χ0) is 30.1. The first kappa shape index (κ1) is 28.0. The van der Waals surface area contributed by atoms with Gasteiger partial charge in [0.05, 0.1) is 18.4 Å². The predicted octanol–water partition coefficient (Wildman–Crippen LogP) is 4.73. The van der Waals surface area contributed by atoms with E-state index in [9.17, 15) is 22.8 Å². The Morgan fingerprint density at radius 3 is 2.51 bits per heavy atom. The molecule has 43 heavy (non-hydrogen) atoms. The highest BCUT2D eigenvalue weighted by Gasteiger charge is 2.38. The van der Waals surface area contributed by atoms with Crippen molar-refractivity contribution in [2.24, 2.45) is 0 Å². The third kappa shape index (κ3) is 5.55. The normalized spacial score (nSPS) is 13.9. The standard InChI is InChI=1S/C31H28F3N7O2/c1-38(23-9-6-8-21(17-23)30(43)40-15-13-39(14-16-40)27-11-4-5-12-35-27)20-26-24-10-3-2-7-22(24)19-41(26)25-18-36-37-29(42)28(25)31(32,33)34/h2-12,17-19H,13-16,20H2,1H3,(H,37,42). The summed E-state index contributed by atoms with van der Waals surface area (Å²) in [4.78, 5) is 35.9.